The van der Waals surface area contributed by atoms with Gasteiger partial charge in [-0.15, -0.1) is 11.3 Å². The van der Waals surface area contributed by atoms with E-state index in [0.29, 0.717) is 39.7 Å². The van der Waals surface area contributed by atoms with E-state index in [0.717, 1.165) is 0 Å². The number of amidine groups is 1. The quantitative estimate of drug-likeness (QED) is 0.197. The van der Waals surface area contributed by atoms with Crippen LogP contribution in [0.15, 0.2) is 56.3 Å². The number of carboxylic acid groups (broad SMARTS) is 1. The van der Waals surface area contributed by atoms with Gasteiger partial charge >= 0.3 is 11.9 Å². The summed E-state index contributed by atoms with van der Waals surface area (Å²) < 4.78 is 30.9. The molecule has 2 aliphatic rings. The number of thiazole rings is 1. The summed E-state index contributed by atoms with van der Waals surface area (Å²) in [4.78, 5) is 48.3. The van der Waals surface area contributed by atoms with Gasteiger partial charge in [0.25, 0.3) is 0 Å². The fourth-order valence-electron chi connectivity index (χ4n) is 4.83. The van der Waals surface area contributed by atoms with Crippen LogP contribution in [-0.4, -0.2) is 84.3 Å². The SMILES string of the molecule is CCOC(=O)C1=C(CN2CCOCC2CC(C(=O)O)C(=C=O)OCC)NC(c2nccs2)=NC1c1ccc(F)cc1Br. The number of aromatic nitrogens is 1. The fraction of sp³-hybridized carbons (Fsp3) is 0.429. The third-order valence-corrected chi connectivity index (χ3v) is 8.21. The summed E-state index contributed by atoms with van der Waals surface area (Å²) in [7, 11) is 0. The molecule has 2 aromatic rings. The molecule has 0 amide bonds. The third kappa shape index (κ3) is 7.31. The maximum Gasteiger partial charge on any atom is 0.338 e. The van der Waals surface area contributed by atoms with E-state index in [4.69, 9.17) is 19.2 Å². The minimum Gasteiger partial charge on any atom is -0.486 e. The van der Waals surface area contributed by atoms with E-state index in [2.05, 4.69) is 26.2 Å². The van der Waals surface area contributed by atoms with Crippen molar-refractivity contribution in [2.45, 2.75) is 32.4 Å². The number of rotatable bonds is 12. The van der Waals surface area contributed by atoms with Crippen molar-refractivity contribution in [2.75, 3.05) is 39.5 Å². The topological polar surface area (TPSA) is 140 Å². The Morgan fingerprint density at radius 2 is 2.12 bits per heavy atom. The number of nitrogens with one attached hydrogen (secondary N) is 1. The summed E-state index contributed by atoms with van der Waals surface area (Å²) in [5.41, 5.74) is 1.26. The number of carbonyl (C=O) groups excluding carboxylic acids is 2. The first-order valence-corrected chi connectivity index (χ1v) is 15.0. The zero-order chi connectivity index (χ0) is 30.2. The Balaban J connectivity index is 1.76. The van der Waals surface area contributed by atoms with E-state index < -0.39 is 35.8 Å². The number of halogens is 2. The van der Waals surface area contributed by atoms with Gasteiger partial charge in [-0.05, 0) is 38.0 Å². The van der Waals surface area contributed by atoms with Crippen LogP contribution in [0.1, 0.15) is 36.9 Å². The molecule has 4 rings (SSSR count). The van der Waals surface area contributed by atoms with Gasteiger partial charge in [-0.1, -0.05) is 22.0 Å². The average molecular weight is 666 g/mol. The molecule has 0 bridgehead atoms. The van der Waals surface area contributed by atoms with Crippen LogP contribution in [-0.2, 0) is 28.6 Å². The van der Waals surface area contributed by atoms with Gasteiger partial charge in [0.2, 0.25) is 0 Å². The Labute approximate surface area is 254 Å². The van der Waals surface area contributed by atoms with Crippen molar-refractivity contribution in [3.63, 3.8) is 0 Å². The van der Waals surface area contributed by atoms with E-state index in [1.165, 1.54) is 23.5 Å². The van der Waals surface area contributed by atoms with Gasteiger partial charge in [-0.2, -0.15) is 0 Å². The number of carboxylic acids is 1. The molecular formula is C28H30BrFN4O7S. The zero-order valence-electron chi connectivity index (χ0n) is 23.0. The maximum atomic E-state index is 14.0. The summed E-state index contributed by atoms with van der Waals surface area (Å²) in [6.07, 6.45) is 1.65. The Morgan fingerprint density at radius 3 is 2.76 bits per heavy atom. The highest BCUT2D eigenvalue weighted by Crippen LogP contribution is 2.37. The molecule has 14 heteroatoms. The molecule has 3 unspecified atom stereocenters. The monoisotopic (exact) mass is 664 g/mol. The lowest BCUT2D eigenvalue weighted by molar-refractivity contribution is -0.143. The normalized spacial score (nSPS) is 19.8. The number of hydrogen-bond donors (Lipinski definition) is 2. The Kier molecular flexibility index (Phi) is 11.0. The second-order valence-electron chi connectivity index (χ2n) is 9.35. The lowest BCUT2D eigenvalue weighted by atomic mass is 9.94. The molecule has 42 heavy (non-hydrogen) atoms. The van der Waals surface area contributed by atoms with E-state index >= 15 is 0 Å². The Bertz CT molecular complexity index is 1410. The number of ether oxygens (including phenoxy) is 3. The van der Waals surface area contributed by atoms with Crippen LogP contribution in [0.25, 0.3) is 0 Å². The van der Waals surface area contributed by atoms with E-state index in [-0.39, 0.29) is 44.1 Å². The molecule has 1 aromatic heterocycles. The van der Waals surface area contributed by atoms with Gasteiger partial charge in [0.1, 0.15) is 17.8 Å². The number of nitrogens with zero attached hydrogens (tertiary/aromatic N) is 3. The highest BCUT2D eigenvalue weighted by molar-refractivity contribution is 9.10. The van der Waals surface area contributed by atoms with Crippen LogP contribution in [0.2, 0.25) is 0 Å². The van der Waals surface area contributed by atoms with Crippen molar-refractivity contribution in [2.24, 2.45) is 10.9 Å². The molecule has 3 heterocycles. The van der Waals surface area contributed by atoms with E-state index in [9.17, 15) is 23.9 Å². The average Bonchev–Trinajstić information content (AvgIpc) is 3.50. The second kappa shape index (κ2) is 14.7. The van der Waals surface area contributed by atoms with Gasteiger partial charge in [0, 0.05) is 40.9 Å². The fourth-order valence-corrected chi connectivity index (χ4v) is 5.99. The number of hydrogen-bond acceptors (Lipinski definition) is 11. The van der Waals surface area contributed by atoms with Gasteiger partial charge in [-0.3, -0.25) is 14.7 Å². The molecule has 2 aliphatic heterocycles. The van der Waals surface area contributed by atoms with Crippen molar-refractivity contribution in [1.29, 1.82) is 0 Å². The number of carbonyl (C=O) groups is 2. The second-order valence-corrected chi connectivity index (χ2v) is 11.1. The van der Waals surface area contributed by atoms with E-state index in [1.54, 1.807) is 37.4 Å². The summed E-state index contributed by atoms with van der Waals surface area (Å²) in [5, 5.41) is 15.5. The number of esters is 1. The minimum atomic E-state index is -1.23. The van der Waals surface area contributed by atoms with Crippen molar-refractivity contribution < 1.29 is 38.1 Å². The van der Waals surface area contributed by atoms with Crippen molar-refractivity contribution in [1.82, 2.24) is 15.2 Å². The van der Waals surface area contributed by atoms with Crippen LogP contribution in [0.3, 0.4) is 0 Å². The molecule has 0 aliphatic carbocycles. The number of benzene rings is 1. The molecule has 1 saturated heterocycles. The van der Waals surface area contributed by atoms with Crippen LogP contribution in [0.5, 0.6) is 0 Å². The molecule has 224 valence electrons. The van der Waals surface area contributed by atoms with Crippen molar-refractivity contribution >= 4 is 51.0 Å². The molecular weight excluding hydrogens is 635 g/mol. The first-order chi connectivity index (χ1) is 20.3. The molecule has 0 radical (unpaired) electrons. The van der Waals surface area contributed by atoms with Crippen LogP contribution in [0.4, 0.5) is 4.39 Å². The van der Waals surface area contributed by atoms with Gasteiger partial charge in [0.05, 0.1) is 32.0 Å². The highest BCUT2D eigenvalue weighted by atomic mass is 79.9. The smallest absolute Gasteiger partial charge is 0.338 e. The number of aliphatic carboxylic acids is 1. The van der Waals surface area contributed by atoms with E-state index in [1.807, 2.05) is 4.90 Å². The molecule has 2 N–H and O–H groups in total. The van der Waals surface area contributed by atoms with Crippen molar-refractivity contribution in [3.8, 4) is 0 Å². The first kappa shape index (κ1) is 31.5. The first-order valence-electron chi connectivity index (χ1n) is 13.3. The number of morpholine rings is 1. The Morgan fingerprint density at radius 1 is 1.33 bits per heavy atom. The summed E-state index contributed by atoms with van der Waals surface area (Å²) in [5.74, 6) is -1.73. The zero-order valence-corrected chi connectivity index (χ0v) is 25.4. The minimum absolute atomic E-state index is 0.0162. The summed E-state index contributed by atoms with van der Waals surface area (Å²) in [6.45, 7) is 4.75. The maximum absolute atomic E-state index is 14.0. The lowest BCUT2D eigenvalue weighted by Gasteiger charge is -2.38. The summed E-state index contributed by atoms with van der Waals surface area (Å²) >= 11 is 4.78. The molecule has 0 spiro atoms. The molecule has 1 fully saturated rings. The lowest BCUT2D eigenvalue weighted by Crippen LogP contribution is -2.50. The molecule has 3 atom stereocenters. The number of aliphatic imine (C=N–C) groups is 1. The molecule has 1 aromatic carbocycles. The summed E-state index contributed by atoms with van der Waals surface area (Å²) in [6, 6.07) is 2.86. The van der Waals surface area contributed by atoms with Crippen LogP contribution in [0, 0.1) is 11.7 Å². The van der Waals surface area contributed by atoms with Crippen LogP contribution >= 0.6 is 27.3 Å². The van der Waals surface area contributed by atoms with Crippen LogP contribution < -0.4 is 5.32 Å². The third-order valence-electron chi connectivity index (χ3n) is 6.75. The Hall–Kier alpha value is -3.42. The van der Waals surface area contributed by atoms with Gasteiger partial charge in [0.15, 0.2) is 22.5 Å². The predicted octanol–water partition coefficient (Wildman–Crippen LogP) is 3.50. The van der Waals surface area contributed by atoms with Crippen molar-refractivity contribution in [3.05, 3.63) is 67.7 Å². The largest absolute Gasteiger partial charge is 0.486 e. The van der Waals surface area contributed by atoms with Gasteiger partial charge < -0.3 is 24.6 Å². The standard InChI is InChI=1S/C28H30BrFN4O7S/c1-3-40-22(14-35)19(27(36)37)12-17-15-39-9-8-34(17)13-21-23(28(38)41-4-2)24(18-6-5-16(30)11-20(18)29)33-25(32-21)26-31-7-10-42-26/h5-7,10-11,17,19,24H,3-4,8-9,12-13,15H2,1-2H3,(H,32,33)(H,36,37). The molecule has 0 saturated carbocycles. The van der Waals surface area contributed by atoms with Gasteiger partial charge in [-0.25, -0.2) is 19.0 Å². The highest BCUT2D eigenvalue weighted by Gasteiger charge is 2.37. The predicted molar refractivity (Wildman–Crippen MR) is 155 cm³/mol. The molecule has 11 nitrogen and oxygen atoms in total.